The Labute approximate surface area is 155 Å². The van der Waals surface area contributed by atoms with Gasteiger partial charge in [0.2, 0.25) is 0 Å². The van der Waals surface area contributed by atoms with Gasteiger partial charge in [-0.15, -0.1) is 0 Å². The van der Waals surface area contributed by atoms with E-state index in [1.807, 2.05) is 24.3 Å². The van der Waals surface area contributed by atoms with E-state index in [2.05, 4.69) is 15.3 Å². The van der Waals surface area contributed by atoms with E-state index in [9.17, 15) is 4.79 Å². The number of carbonyl (C=O) groups is 1. The number of aromatic nitrogens is 2. The summed E-state index contributed by atoms with van der Waals surface area (Å²) in [5.41, 5.74) is 2.09. The molecule has 0 aliphatic heterocycles. The number of hydrogen-bond acceptors (Lipinski definition) is 7. The number of carboxylic acid groups (broad SMARTS) is 1. The molecule has 138 valence electrons. The van der Waals surface area contributed by atoms with Crippen molar-refractivity contribution in [2.75, 3.05) is 19.5 Å². The lowest BCUT2D eigenvalue weighted by Crippen LogP contribution is -2.05. The molecule has 8 heteroatoms. The third-order valence-electron chi connectivity index (χ3n) is 3.68. The Kier molecular flexibility index (Phi) is 5.36. The molecule has 0 atom stereocenters. The second-order valence-corrected chi connectivity index (χ2v) is 5.35. The van der Waals surface area contributed by atoms with Gasteiger partial charge in [0.25, 0.3) is 0 Å². The van der Waals surface area contributed by atoms with Crippen LogP contribution in [0, 0.1) is 0 Å². The summed E-state index contributed by atoms with van der Waals surface area (Å²) in [6.45, 7) is 0. The van der Waals surface area contributed by atoms with E-state index >= 15 is 0 Å². The summed E-state index contributed by atoms with van der Waals surface area (Å²) in [5.74, 6) is 1.61. The van der Waals surface area contributed by atoms with E-state index in [1.165, 1.54) is 19.5 Å². The molecule has 0 saturated carbocycles. The third kappa shape index (κ3) is 4.24. The van der Waals surface area contributed by atoms with E-state index < -0.39 is 6.16 Å². The summed E-state index contributed by atoms with van der Waals surface area (Å²) in [6, 6.07) is 14.1. The van der Waals surface area contributed by atoms with Crippen molar-refractivity contribution in [3.8, 4) is 28.5 Å². The van der Waals surface area contributed by atoms with Gasteiger partial charge in [0.15, 0.2) is 11.5 Å². The topological polar surface area (TPSA) is 103 Å². The zero-order valence-electron chi connectivity index (χ0n) is 14.7. The van der Waals surface area contributed by atoms with E-state index in [0.717, 1.165) is 5.56 Å². The second kappa shape index (κ2) is 8.05. The lowest BCUT2D eigenvalue weighted by Gasteiger charge is -2.12. The summed E-state index contributed by atoms with van der Waals surface area (Å²) in [6.07, 6.45) is 0.00778. The highest BCUT2D eigenvalue weighted by molar-refractivity contribution is 5.71. The van der Waals surface area contributed by atoms with Crippen molar-refractivity contribution in [2.24, 2.45) is 0 Å². The van der Waals surface area contributed by atoms with Crippen LogP contribution < -0.4 is 19.5 Å². The molecular formula is C19H17N3O5. The highest BCUT2D eigenvalue weighted by atomic mass is 16.7. The molecule has 0 bridgehead atoms. The third-order valence-corrected chi connectivity index (χ3v) is 3.68. The number of hydrogen-bond donors (Lipinski definition) is 2. The zero-order valence-corrected chi connectivity index (χ0v) is 14.7. The molecule has 27 heavy (non-hydrogen) atoms. The Morgan fingerprint density at radius 3 is 2.48 bits per heavy atom. The van der Waals surface area contributed by atoms with E-state index in [1.54, 1.807) is 25.3 Å². The number of para-hydroxylation sites is 1. The van der Waals surface area contributed by atoms with Crippen LogP contribution in [0.1, 0.15) is 0 Å². The first-order valence-electron chi connectivity index (χ1n) is 7.92. The highest BCUT2D eigenvalue weighted by Gasteiger charge is 2.11. The van der Waals surface area contributed by atoms with Crippen LogP contribution in [0.5, 0.6) is 17.2 Å². The Morgan fingerprint density at radius 1 is 0.963 bits per heavy atom. The standard InChI is InChI=1S/C19H17N3O5/c1-25-15-6-4-3-5-13(15)14-10-18(21-11-20-14)22-12-7-8-16(26-2)17(9-12)27-19(23)24/h3-11H,1-2H3,(H,23,24)(H,20,21,22). The van der Waals surface area contributed by atoms with Gasteiger partial charge in [-0.2, -0.15) is 0 Å². The fourth-order valence-corrected chi connectivity index (χ4v) is 2.51. The van der Waals surface area contributed by atoms with Crippen LogP contribution >= 0.6 is 0 Å². The minimum absolute atomic E-state index is 0.0778. The molecule has 0 aliphatic rings. The summed E-state index contributed by atoms with van der Waals surface area (Å²) in [4.78, 5) is 19.3. The molecule has 0 fully saturated rings. The van der Waals surface area contributed by atoms with Crippen molar-refractivity contribution in [2.45, 2.75) is 0 Å². The van der Waals surface area contributed by atoms with Gasteiger partial charge < -0.3 is 24.6 Å². The minimum atomic E-state index is -1.43. The van der Waals surface area contributed by atoms with Crippen LogP contribution in [0.4, 0.5) is 16.3 Å². The molecule has 0 saturated heterocycles. The van der Waals surface area contributed by atoms with E-state index in [-0.39, 0.29) is 5.75 Å². The maximum absolute atomic E-state index is 10.8. The number of methoxy groups -OCH3 is 2. The van der Waals surface area contributed by atoms with Gasteiger partial charge in [0.1, 0.15) is 17.9 Å². The molecular weight excluding hydrogens is 350 g/mol. The van der Waals surface area contributed by atoms with Crippen LogP contribution in [-0.4, -0.2) is 35.4 Å². The molecule has 0 aliphatic carbocycles. The largest absolute Gasteiger partial charge is 0.511 e. The fourth-order valence-electron chi connectivity index (χ4n) is 2.51. The molecule has 3 rings (SSSR count). The first kappa shape index (κ1) is 18.0. The van der Waals surface area contributed by atoms with Crippen LogP contribution in [-0.2, 0) is 0 Å². The summed E-state index contributed by atoms with van der Waals surface area (Å²) in [5, 5.41) is 11.9. The predicted molar refractivity (Wildman–Crippen MR) is 98.9 cm³/mol. The Hall–Kier alpha value is -3.81. The van der Waals surface area contributed by atoms with Gasteiger partial charge in [-0.05, 0) is 24.3 Å². The molecule has 0 spiro atoms. The predicted octanol–water partition coefficient (Wildman–Crippen LogP) is 3.96. The number of anilines is 2. The van der Waals surface area contributed by atoms with Gasteiger partial charge in [0, 0.05) is 23.4 Å². The summed E-state index contributed by atoms with van der Waals surface area (Å²) in [7, 11) is 3.03. The van der Waals surface area contributed by atoms with Gasteiger partial charge >= 0.3 is 6.16 Å². The Morgan fingerprint density at radius 2 is 1.74 bits per heavy atom. The number of rotatable bonds is 6. The highest BCUT2D eigenvalue weighted by Crippen LogP contribution is 2.32. The molecule has 3 aromatic rings. The Bertz CT molecular complexity index is 962. The van der Waals surface area contributed by atoms with E-state index in [4.69, 9.17) is 19.3 Å². The number of benzene rings is 2. The number of nitrogens with zero attached hydrogens (tertiary/aromatic N) is 2. The molecule has 1 aromatic heterocycles. The van der Waals surface area contributed by atoms with Crippen molar-refractivity contribution in [1.29, 1.82) is 0 Å². The lowest BCUT2D eigenvalue weighted by atomic mass is 10.1. The monoisotopic (exact) mass is 367 g/mol. The molecule has 2 N–H and O–H groups in total. The quantitative estimate of drug-likeness (QED) is 0.498. The van der Waals surface area contributed by atoms with Crippen molar-refractivity contribution in [3.63, 3.8) is 0 Å². The second-order valence-electron chi connectivity index (χ2n) is 5.35. The molecule has 1 heterocycles. The summed E-state index contributed by atoms with van der Waals surface area (Å²) >= 11 is 0. The van der Waals surface area contributed by atoms with Crippen molar-refractivity contribution in [1.82, 2.24) is 9.97 Å². The molecule has 0 amide bonds. The zero-order chi connectivity index (χ0) is 19.2. The number of ether oxygens (including phenoxy) is 3. The van der Waals surface area contributed by atoms with Crippen LogP contribution in [0.15, 0.2) is 54.9 Å². The van der Waals surface area contributed by atoms with Crippen molar-refractivity contribution < 1.29 is 24.1 Å². The van der Waals surface area contributed by atoms with Gasteiger partial charge in [0.05, 0.1) is 19.9 Å². The molecule has 0 unspecified atom stereocenters. The van der Waals surface area contributed by atoms with E-state index in [0.29, 0.717) is 28.7 Å². The first-order valence-corrected chi connectivity index (χ1v) is 7.92. The van der Waals surface area contributed by atoms with Gasteiger partial charge in [-0.1, -0.05) is 12.1 Å². The van der Waals surface area contributed by atoms with Gasteiger partial charge in [-0.25, -0.2) is 14.8 Å². The van der Waals surface area contributed by atoms with Crippen LogP contribution in [0.25, 0.3) is 11.3 Å². The van der Waals surface area contributed by atoms with Crippen molar-refractivity contribution >= 4 is 17.7 Å². The molecule has 2 aromatic carbocycles. The van der Waals surface area contributed by atoms with Crippen molar-refractivity contribution in [3.05, 3.63) is 54.9 Å². The van der Waals surface area contributed by atoms with Crippen LogP contribution in [0.2, 0.25) is 0 Å². The molecule has 8 nitrogen and oxygen atoms in total. The minimum Gasteiger partial charge on any atom is -0.496 e. The van der Waals surface area contributed by atoms with Gasteiger partial charge in [-0.3, -0.25) is 0 Å². The van der Waals surface area contributed by atoms with Crippen LogP contribution in [0.3, 0.4) is 0 Å². The average molecular weight is 367 g/mol. The number of nitrogens with one attached hydrogen (secondary N) is 1. The maximum atomic E-state index is 10.8. The smallest absolute Gasteiger partial charge is 0.496 e. The fraction of sp³-hybridized carbons (Fsp3) is 0.105. The average Bonchev–Trinajstić information content (AvgIpc) is 2.68. The molecule has 0 radical (unpaired) electrons. The summed E-state index contributed by atoms with van der Waals surface area (Å²) < 4.78 is 15.2. The first-order chi connectivity index (χ1) is 13.1. The SMILES string of the molecule is COc1ccc(Nc2cc(-c3ccccc3OC)ncn2)cc1OC(=O)O. The Balaban J connectivity index is 1.89. The normalized spacial score (nSPS) is 10.1. The lowest BCUT2D eigenvalue weighted by molar-refractivity contribution is 0.143. The maximum Gasteiger partial charge on any atom is 0.511 e.